The van der Waals surface area contributed by atoms with E-state index in [1.165, 1.54) is 53.6 Å². The van der Waals surface area contributed by atoms with E-state index in [1.807, 2.05) is 0 Å². The molecule has 1 aliphatic carbocycles. The number of hydrogen-bond donors (Lipinski definition) is 0. The van der Waals surface area contributed by atoms with E-state index in [1.54, 1.807) is 11.5 Å². The number of nitrogens with zero attached hydrogens (tertiary/aromatic N) is 4. The van der Waals surface area contributed by atoms with Gasteiger partial charge in [0.25, 0.3) is 5.69 Å². The molecule has 2 fully saturated rings. The fourth-order valence-corrected chi connectivity index (χ4v) is 6.21. The van der Waals surface area contributed by atoms with Crippen molar-refractivity contribution in [2.45, 2.75) is 38.5 Å². The van der Waals surface area contributed by atoms with Gasteiger partial charge in [0.1, 0.15) is 11.6 Å². The summed E-state index contributed by atoms with van der Waals surface area (Å²) in [6.45, 7) is 5.35. The maximum atomic E-state index is 12.3. The Morgan fingerprint density at radius 2 is 1.69 bits per heavy atom. The second-order valence-electron chi connectivity index (χ2n) is 9.94. The highest BCUT2D eigenvalue weighted by atomic mass is 32.1. The number of anilines is 1. The first-order valence-corrected chi connectivity index (χ1v) is 13.6. The van der Waals surface area contributed by atoms with E-state index in [0.717, 1.165) is 57.3 Å². The summed E-state index contributed by atoms with van der Waals surface area (Å²) in [6.07, 6.45) is 6.09. The Morgan fingerprint density at radius 3 is 2.42 bits per heavy atom. The van der Waals surface area contributed by atoms with Crippen molar-refractivity contribution in [3.05, 3.63) is 58.6 Å². The maximum Gasteiger partial charge on any atom is 0.311 e. The highest BCUT2D eigenvalue weighted by Gasteiger charge is 2.26. The zero-order chi connectivity index (χ0) is 24.9. The predicted molar refractivity (Wildman–Crippen MR) is 142 cm³/mol. The third-order valence-corrected chi connectivity index (χ3v) is 8.40. The van der Waals surface area contributed by atoms with Gasteiger partial charge in [0, 0.05) is 50.1 Å². The number of fused-ring (bicyclic) bond motifs is 1. The van der Waals surface area contributed by atoms with E-state index in [0.29, 0.717) is 18.1 Å². The molecule has 0 spiro atoms. The van der Waals surface area contributed by atoms with Gasteiger partial charge in [-0.15, -0.1) is 0 Å². The Kier molecular flexibility index (Phi) is 7.77. The summed E-state index contributed by atoms with van der Waals surface area (Å²) in [5.41, 5.74) is -0.0110. The summed E-state index contributed by atoms with van der Waals surface area (Å²) in [6, 6.07) is 14.1. The van der Waals surface area contributed by atoms with Gasteiger partial charge in [-0.25, -0.2) is 0 Å². The lowest BCUT2D eigenvalue weighted by Crippen LogP contribution is -2.47. The van der Waals surface area contributed by atoms with Crippen LogP contribution < -0.4 is 9.64 Å². The average molecular weight is 509 g/mol. The summed E-state index contributed by atoms with van der Waals surface area (Å²) in [4.78, 5) is 27.6. The molecule has 0 atom stereocenters. The number of carbonyl (C=O) groups excluding carboxylic acids is 1. The van der Waals surface area contributed by atoms with Crippen LogP contribution in [0.25, 0.3) is 10.1 Å². The molecule has 9 heteroatoms. The molecule has 1 saturated carbocycles. The van der Waals surface area contributed by atoms with Crippen LogP contribution in [0.15, 0.2) is 48.5 Å². The molecule has 1 saturated heterocycles. The second kappa shape index (κ2) is 11.3. The van der Waals surface area contributed by atoms with E-state index in [2.05, 4.69) is 34.1 Å². The molecule has 190 valence electrons. The highest BCUT2D eigenvalue weighted by molar-refractivity contribution is 7.13. The van der Waals surface area contributed by atoms with Crippen LogP contribution >= 0.6 is 11.5 Å². The number of carbonyl (C=O) groups is 1. The number of nitro groups is 1. The normalized spacial score (nSPS) is 20.9. The molecule has 0 unspecified atom stereocenters. The van der Waals surface area contributed by atoms with Crippen LogP contribution in [0.3, 0.4) is 0 Å². The number of rotatable bonds is 8. The summed E-state index contributed by atoms with van der Waals surface area (Å²) < 4.78 is 11.4. The van der Waals surface area contributed by atoms with Crippen LogP contribution in [0.5, 0.6) is 5.75 Å². The molecular weight excluding hydrogens is 476 g/mol. The molecule has 0 bridgehead atoms. The van der Waals surface area contributed by atoms with Crippen molar-refractivity contribution in [2.24, 2.45) is 11.8 Å². The van der Waals surface area contributed by atoms with Crippen molar-refractivity contribution < 1.29 is 14.5 Å². The molecule has 36 heavy (non-hydrogen) atoms. The Labute approximate surface area is 215 Å². The van der Waals surface area contributed by atoms with Crippen LogP contribution in [0.4, 0.5) is 11.5 Å². The number of benzene rings is 2. The number of non-ortho nitro benzene ring substituents is 1. The molecule has 0 radical (unpaired) electrons. The molecule has 0 N–H and O–H groups in total. The number of aromatic nitrogens is 1. The van der Waals surface area contributed by atoms with Crippen molar-refractivity contribution >= 4 is 39.1 Å². The molecular formula is C27H32N4O4S. The van der Waals surface area contributed by atoms with Crippen molar-refractivity contribution in [1.82, 2.24) is 9.27 Å². The molecule has 3 aromatic rings. The number of nitro benzene ring substituents is 1. The largest absolute Gasteiger partial charge is 0.427 e. The van der Waals surface area contributed by atoms with Gasteiger partial charge in [-0.2, -0.15) is 4.37 Å². The van der Waals surface area contributed by atoms with Crippen molar-refractivity contribution in [3.8, 4) is 5.75 Å². The summed E-state index contributed by atoms with van der Waals surface area (Å²) in [7, 11) is 0. The second-order valence-corrected chi connectivity index (χ2v) is 10.7. The summed E-state index contributed by atoms with van der Waals surface area (Å²) in [5, 5.41) is 12.0. The third-order valence-electron chi connectivity index (χ3n) is 7.58. The van der Waals surface area contributed by atoms with Gasteiger partial charge in [0.2, 0.25) is 0 Å². The molecule has 8 nitrogen and oxygen atoms in total. The molecule has 2 aromatic carbocycles. The predicted octanol–water partition coefficient (Wildman–Crippen LogP) is 5.52. The van der Waals surface area contributed by atoms with Crippen LogP contribution in [-0.2, 0) is 4.79 Å². The molecule has 2 aliphatic rings. The van der Waals surface area contributed by atoms with Crippen LogP contribution in [-0.4, -0.2) is 52.9 Å². The van der Waals surface area contributed by atoms with Crippen molar-refractivity contribution in [1.29, 1.82) is 0 Å². The monoisotopic (exact) mass is 508 g/mol. The van der Waals surface area contributed by atoms with E-state index in [-0.39, 0.29) is 11.7 Å². The number of hydrogen-bond acceptors (Lipinski definition) is 8. The zero-order valence-electron chi connectivity index (χ0n) is 20.4. The smallest absolute Gasteiger partial charge is 0.311 e. The lowest BCUT2D eigenvalue weighted by Gasteiger charge is -2.36. The van der Waals surface area contributed by atoms with Crippen molar-refractivity contribution in [2.75, 3.05) is 37.6 Å². The van der Waals surface area contributed by atoms with Crippen LogP contribution in [0, 0.1) is 22.0 Å². The van der Waals surface area contributed by atoms with E-state index < -0.39 is 4.92 Å². The van der Waals surface area contributed by atoms with Crippen LogP contribution in [0.1, 0.15) is 38.5 Å². The standard InChI is InChI=1S/C27H32N4O4S/c32-26(35-23-11-9-22(10-12-23)31(33)34)19-21-7-5-20(6-8-21)13-14-29-15-17-30(18-16-29)27-24-3-1-2-4-25(24)36-28-27/h1-4,9-12,20-21H,5-8,13-19H2. The van der Waals surface area contributed by atoms with Gasteiger partial charge in [-0.3, -0.25) is 19.8 Å². The maximum absolute atomic E-state index is 12.3. The van der Waals surface area contributed by atoms with Gasteiger partial charge in [0.15, 0.2) is 0 Å². The van der Waals surface area contributed by atoms with Crippen molar-refractivity contribution in [3.63, 3.8) is 0 Å². The number of piperazine rings is 1. The summed E-state index contributed by atoms with van der Waals surface area (Å²) in [5.74, 6) is 2.34. The minimum absolute atomic E-state index is 0.0110. The molecule has 2 heterocycles. The average Bonchev–Trinajstić information content (AvgIpc) is 3.33. The fraction of sp³-hybridized carbons (Fsp3) is 0.481. The summed E-state index contributed by atoms with van der Waals surface area (Å²) >= 11 is 1.59. The first kappa shape index (κ1) is 24.6. The van der Waals surface area contributed by atoms with Gasteiger partial charge in [0.05, 0.1) is 9.62 Å². The molecule has 5 rings (SSSR count). The quantitative estimate of drug-likeness (QED) is 0.171. The van der Waals surface area contributed by atoms with E-state index >= 15 is 0 Å². The first-order chi connectivity index (χ1) is 17.5. The van der Waals surface area contributed by atoms with Gasteiger partial charge in [-0.05, 0) is 73.4 Å². The fourth-order valence-electron chi connectivity index (χ4n) is 5.42. The van der Waals surface area contributed by atoms with E-state index in [4.69, 9.17) is 9.11 Å². The minimum Gasteiger partial charge on any atom is -0.427 e. The first-order valence-electron chi connectivity index (χ1n) is 12.8. The number of ether oxygens (including phenoxy) is 1. The topological polar surface area (TPSA) is 88.8 Å². The lowest BCUT2D eigenvalue weighted by molar-refractivity contribution is -0.384. The third kappa shape index (κ3) is 6.02. The zero-order valence-corrected chi connectivity index (χ0v) is 21.2. The molecule has 0 amide bonds. The number of esters is 1. The van der Waals surface area contributed by atoms with Gasteiger partial charge >= 0.3 is 5.97 Å². The lowest BCUT2D eigenvalue weighted by atomic mass is 9.79. The highest BCUT2D eigenvalue weighted by Crippen LogP contribution is 2.34. The molecule has 1 aliphatic heterocycles. The van der Waals surface area contributed by atoms with Crippen LogP contribution in [0.2, 0.25) is 0 Å². The SMILES string of the molecule is O=C(CC1CCC(CCN2CCN(c3nsc4ccccc34)CC2)CC1)Oc1ccc([N+](=O)[O-])cc1. The Bertz CT molecular complexity index is 1180. The Balaban J connectivity index is 0.994. The van der Waals surface area contributed by atoms with Gasteiger partial charge in [-0.1, -0.05) is 25.0 Å². The Morgan fingerprint density at radius 1 is 1.00 bits per heavy atom. The molecule has 1 aromatic heterocycles. The minimum atomic E-state index is -0.464. The van der Waals surface area contributed by atoms with E-state index in [9.17, 15) is 14.9 Å². The van der Waals surface area contributed by atoms with Gasteiger partial charge < -0.3 is 9.64 Å². The Hall–Kier alpha value is -3.04.